The van der Waals surface area contributed by atoms with E-state index in [1.54, 1.807) is 12.1 Å². The van der Waals surface area contributed by atoms with Crippen molar-refractivity contribution in [1.29, 1.82) is 0 Å². The van der Waals surface area contributed by atoms with E-state index in [9.17, 15) is 22.4 Å². The molecule has 150 valence electrons. The molecule has 0 radical (unpaired) electrons. The van der Waals surface area contributed by atoms with E-state index < -0.39 is 30.5 Å². The number of carbonyl (C=O) groups excluding carboxylic acids is 1. The first-order valence-corrected chi connectivity index (χ1v) is 9.05. The van der Waals surface area contributed by atoms with E-state index in [-0.39, 0.29) is 23.7 Å². The van der Waals surface area contributed by atoms with Gasteiger partial charge in [-0.2, -0.15) is 13.2 Å². The number of fused-ring (bicyclic) bond motifs is 1. The van der Waals surface area contributed by atoms with Crippen molar-refractivity contribution in [2.45, 2.75) is 25.1 Å². The van der Waals surface area contributed by atoms with Crippen LogP contribution in [0.25, 0.3) is 11.1 Å². The molecule has 0 saturated carbocycles. The SMILES string of the molecule is NC(=O)c1cc(-c2ccc(P)cc2F)c2c(n1)OC(CNCC(F)(F)F)CC2. The van der Waals surface area contributed by atoms with Gasteiger partial charge in [-0.1, -0.05) is 12.1 Å². The van der Waals surface area contributed by atoms with E-state index >= 15 is 0 Å². The van der Waals surface area contributed by atoms with Crippen molar-refractivity contribution < 1.29 is 27.1 Å². The minimum atomic E-state index is -4.32. The highest BCUT2D eigenvalue weighted by Gasteiger charge is 2.29. The Hall–Kier alpha value is -2.25. The highest BCUT2D eigenvalue weighted by atomic mass is 31.0. The van der Waals surface area contributed by atoms with Crippen LogP contribution in [-0.4, -0.2) is 36.3 Å². The van der Waals surface area contributed by atoms with Crippen molar-refractivity contribution >= 4 is 20.5 Å². The zero-order valence-corrected chi connectivity index (χ0v) is 15.8. The van der Waals surface area contributed by atoms with Gasteiger partial charge in [0.15, 0.2) is 0 Å². The highest BCUT2D eigenvalue weighted by Crippen LogP contribution is 2.36. The zero-order chi connectivity index (χ0) is 20.5. The Labute approximate surface area is 160 Å². The topological polar surface area (TPSA) is 77.2 Å². The maximum absolute atomic E-state index is 14.5. The molecule has 0 spiro atoms. The molecule has 0 saturated heterocycles. The number of hydrogen-bond acceptors (Lipinski definition) is 4. The predicted molar refractivity (Wildman–Crippen MR) is 99.2 cm³/mol. The first-order chi connectivity index (χ1) is 13.1. The molecule has 2 atom stereocenters. The first-order valence-electron chi connectivity index (χ1n) is 8.47. The molecule has 10 heteroatoms. The van der Waals surface area contributed by atoms with Crippen LogP contribution in [0.1, 0.15) is 22.5 Å². The van der Waals surface area contributed by atoms with Crippen molar-refractivity contribution in [1.82, 2.24) is 10.3 Å². The lowest BCUT2D eigenvalue weighted by Gasteiger charge is -2.27. The molecule has 2 heterocycles. The summed E-state index contributed by atoms with van der Waals surface area (Å²) in [5.41, 5.74) is 6.51. The third kappa shape index (κ3) is 4.77. The van der Waals surface area contributed by atoms with Gasteiger partial charge in [-0.3, -0.25) is 4.79 Å². The van der Waals surface area contributed by atoms with Crippen LogP contribution in [0.3, 0.4) is 0 Å². The molecule has 1 aromatic carbocycles. The van der Waals surface area contributed by atoms with E-state index in [1.807, 2.05) is 0 Å². The van der Waals surface area contributed by atoms with Crippen molar-refractivity contribution in [2.24, 2.45) is 5.73 Å². The number of nitrogens with one attached hydrogen (secondary N) is 1. The number of primary amides is 1. The van der Waals surface area contributed by atoms with Crippen molar-refractivity contribution in [3.8, 4) is 17.0 Å². The van der Waals surface area contributed by atoms with E-state index in [1.165, 1.54) is 12.1 Å². The summed E-state index contributed by atoms with van der Waals surface area (Å²) in [6.45, 7) is -1.17. The summed E-state index contributed by atoms with van der Waals surface area (Å²) in [6.07, 6.45) is -4.04. The first kappa shape index (κ1) is 20.5. The molecular formula is C18H18F4N3O2P. The summed E-state index contributed by atoms with van der Waals surface area (Å²) in [7, 11) is 2.39. The third-order valence-electron chi connectivity index (χ3n) is 4.31. The number of carbonyl (C=O) groups is 1. The number of benzene rings is 1. The van der Waals surface area contributed by atoms with Crippen LogP contribution in [0.5, 0.6) is 5.88 Å². The molecule has 2 unspecified atom stereocenters. The Morgan fingerprint density at radius 3 is 2.71 bits per heavy atom. The average molecular weight is 415 g/mol. The van der Waals surface area contributed by atoms with Gasteiger partial charge in [-0.25, -0.2) is 9.37 Å². The number of ether oxygens (including phenoxy) is 1. The van der Waals surface area contributed by atoms with Gasteiger partial charge in [-0.05, 0) is 35.8 Å². The molecular weight excluding hydrogens is 397 g/mol. The molecule has 1 amide bonds. The number of pyridine rings is 1. The van der Waals surface area contributed by atoms with Gasteiger partial charge >= 0.3 is 6.18 Å². The smallest absolute Gasteiger partial charge is 0.401 e. The Morgan fingerprint density at radius 2 is 2.07 bits per heavy atom. The fraction of sp³-hybridized carbons (Fsp3) is 0.333. The second kappa shape index (κ2) is 8.01. The number of halogens is 4. The van der Waals surface area contributed by atoms with Gasteiger partial charge in [0, 0.05) is 17.7 Å². The van der Waals surface area contributed by atoms with Gasteiger partial charge in [-0.15, -0.1) is 9.24 Å². The molecule has 3 rings (SSSR count). The number of nitrogens with two attached hydrogens (primary N) is 1. The molecule has 3 N–H and O–H groups in total. The molecule has 2 aromatic rings. The van der Waals surface area contributed by atoms with Crippen molar-refractivity contribution in [3.63, 3.8) is 0 Å². The van der Waals surface area contributed by atoms with Crippen LogP contribution in [0.15, 0.2) is 24.3 Å². The standard InChI is InChI=1S/C18H18F4N3O2P/c19-14-5-10(28)2-4-11(14)13-6-15(16(23)26)25-17-12(13)3-1-9(27-17)7-24-8-18(20,21)22/h2,4-6,9,24H,1,3,7-8,28H2,(H2,23,26). The van der Waals surface area contributed by atoms with Gasteiger partial charge in [0.25, 0.3) is 5.91 Å². The highest BCUT2D eigenvalue weighted by molar-refractivity contribution is 7.27. The van der Waals surface area contributed by atoms with E-state index in [0.29, 0.717) is 29.3 Å². The van der Waals surface area contributed by atoms with E-state index in [0.717, 1.165) is 0 Å². The summed E-state index contributed by atoms with van der Waals surface area (Å²) in [6, 6.07) is 6.03. The second-order valence-electron chi connectivity index (χ2n) is 6.47. The fourth-order valence-corrected chi connectivity index (χ4v) is 3.29. The predicted octanol–water partition coefficient (Wildman–Crippen LogP) is 2.33. The van der Waals surface area contributed by atoms with Crippen molar-refractivity contribution in [3.05, 3.63) is 41.3 Å². The monoisotopic (exact) mass is 415 g/mol. The normalized spacial score (nSPS) is 16.4. The van der Waals surface area contributed by atoms with E-state index in [4.69, 9.17) is 10.5 Å². The lowest BCUT2D eigenvalue weighted by molar-refractivity contribution is -0.125. The quantitative estimate of drug-likeness (QED) is 0.581. The third-order valence-corrected chi connectivity index (χ3v) is 4.67. The number of alkyl halides is 3. The van der Waals surface area contributed by atoms with E-state index in [2.05, 4.69) is 19.5 Å². The summed E-state index contributed by atoms with van der Waals surface area (Å²) < 4.78 is 57.1. The Kier molecular flexibility index (Phi) is 5.86. The fourth-order valence-electron chi connectivity index (χ4n) is 3.04. The lowest BCUT2D eigenvalue weighted by atomic mass is 9.94. The number of nitrogens with zero attached hydrogens (tertiary/aromatic N) is 1. The molecule has 1 aliphatic rings. The molecule has 5 nitrogen and oxygen atoms in total. The largest absolute Gasteiger partial charge is 0.473 e. The zero-order valence-electron chi connectivity index (χ0n) is 14.6. The molecule has 0 bridgehead atoms. The van der Waals surface area contributed by atoms with Gasteiger partial charge in [0.1, 0.15) is 17.6 Å². The average Bonchev–Trinajstić information content (AvgIpc) is 2.59. The van der Waals surface area contributed by atoms with Crippen LogP contribution in [-0.2, 0) is 6.42 Å². The minimum Gasteiger partial charge on any atom is -0.473 e. The van der Waals surface area contributed by atoms with Crippen LogP contribution in [0.4, 0.5) is 17.6 Å². The number of rotatable bonds is 5. The Bertz CT molecular complexity index is 905. The summed E-state index contributed by atoms with van der Waals surface area (Å²) >= 11 is 0. The summed E-state index contributed by atoms with van der Waals surface area (Å²) in [4.78, 5) is 15.7. The summed E-state index contributed by atoms with van der Waals surface area (Å²) in [5, 5.41) is 2.95. The minimum absolute atomic E-state index is 0.0348. The number of amides is 1. The Balaban J connectivity index is 1.92. The maximum atomic E-state index is 14.5. The molecule has 0 aliphatic carbocycles. The van der Waals surface area contributed by atoms with Gasteiger partial charge < -0.3 is 15.8 Å². The van der Waals surface area contributed by atoms with Crippen LogP contribution >= 0.6 is 9.24 Å². The maximum Gasteiger partial charge on any atom is 0.401 e. The van der Waals surface area contributed by atoms with Crippen LogP contribution in [0, 0.1) is 5.82 Å². The van der Waals surface area contributed by atoms with Crippen molar-refractivity contribution in [2.75, 3.05) is 13.1 Å². The molecule has 1 aliphatic heterocycles. The lowest BCUT2D eigenvalue weighted by Crippen LogP contribution is -2.39. The Morgan fingerprint density at radius 1 is 1.32 bits per heavy atom. The van der Waals surface area contributed by atoms with Gasteiger partial charge in [0.2, 0.25) is 5.88 Å². The van der Waals surface area contributed by atoms with Crippen LogP contribution < -0.4 is 21.1 Å². The van der Waals surface area contributed by atoms with Crippen LogP contribution in [0.2, 0.25) is 0 Å². The number of hydrogen-bond donors (Lipinski definition) is 2. The summed E-state index contributed by atoms with van der Waals surface area (Å²) in [5.74, 6) is -1.20. The molecule has 0 fully saturated rings. The second-order valence-corrected chi connectivity index (χ2v) is 7.13. The number of aromatic nitrogens is 1. The molecule has 28 heavy (non-hydrogen) atoms. The molecule has 1 aromatic heterocycles. The van der Waals surface area contributed by atoms with Gasteiger partial charge in [0.05, 0.1) is 6.54 Å².